The molecule has 0 saturated heterocycles. The van der Waals surface area contributed by atoms with Gasteiger partial charge in [-0.15, -0.1) is 0 Å². The fourth-order valence-electron chi connectivity index (χ4n) is 1.04. The molecule has 0 aromatic carbocycles. The van der Waals surface area contributed by atoms with E-state index in [4.69, 9.17) is 0 Å². The van der Waals surface area contributed by atoms with E-state index in [0.717, 1.165) is 18.8 Å². The second-order valence-electron chi connectivity index (χ2n) is 4.39. The van der Waals surface area contributed by atoms with Gasteiger partial charge in [0.05, 0.1) is 0 Å². The molecule has 0 unspecified atom stereocenters. The molecule has 0 aliphatic carbocycles. The molecule has 1 heterocycles. The van der Waals surface area contributed by atoms with Crippen LogP contribution in [0.4, 0.5) is 0 Å². The van der Waals surface area contributed by atoms with Crippen molar-refractivity contribution in [3.8, 4) is 0 Å². The van der Waals surface area contributed by atoms with Gasteiger partial charge in [-0.1, -0.05) is 0 Å². The molecule has 1 aromatic heterocycles. The Morgan fingerprint density at radius 2 is 2.21 bits per heavy atom. The Morgan fingerprint density at radius 1 is 1.50 bits per heavy atom. The molecule has 0 spiro atoms. The largest absolute Gasteiger partial charge is 0.309 e. The summed E-state index contributed by atoms with van der Waals surface area (Å²) in [6.45, 7) is 6.23. The van der Waals surface area contributed by atoms with E-state index in [0.29, 0.717) is 0 Å². The first-order valence-electron chi connectivity index (χ1n) is 4.89. The molecular weight excluding hydrogens is 176 g/mol. The maximum Gasteiger partial charge on any atom is 0.0490 e. The first-order valence-corrected chi connectivity index (χ1v) is 4.89. The maximum absolute atomic E-state index is 3.90. The maximum atomic E-state index is 3.90. The Bertz CT molecular complexity index is 251. The third kappa shape index (κ3) is 3.12. The summed E-state index contributed by atoms with van der Waals surface area (Å²) in [7, 11) is 4.19. The zero-order valence-corrected chi connectivity index (χ0v) is 9.46. The number of hydrogen-bond donors (Lipinski definition) is 2. The monoisotopic (exact) mass is 196 g/mol. The molecule has 1 rings (SSSR count). The lowest BCUT2D eigenvalue weighted by Crippen LogP contribution is -2.46. The van der Waals surface area contributed by atoms with E-state index in [1.54, 1.807) is 6.20 Å². The van der Waals surface area contributed by atoms with E-state index < -0.39 is 0 Å². The van der Waals surface area contributed by atoms with Gasteiger partial charge in [0.1, 0.15) is 0 Å². The Balaban J connectivity index is 2.28. The summed E-state index contributed by atoms with van der Waals surface area (Å²) >= 11 is 0. The van der Waals surface area contributed by atoms with Crippen molar-refractivity contribution in [2.75, 3.05) is 20.6 Å². The molecule has 2 N–H and O–H groups in total. The minimum Gasteiger partial charge on any atom is -0.309 e. The van der Waals surface area contributed by atoms with E-state index in [-0.39, 0.29) is 5.54 Å². The SMILES string of the molecule is CN(C)C(C)(C)CNCc1ccn[nH]1. The fraction of sp³-hybridized carbons (Fsp3) is 0.700. The lowest BCUT2D eigenvalue weighted by Gasteiger charge is -2.32. The van der Waals surface area contributed by atoms with Gasteiger partial charge in [-0.25, -0.2) is 0 Å². The number of H-pyrrole nitrogens is 1. The zero-order valence-electron chi connectivity index (χ0n) is 9.46. The molecule has 1 aromatic rings. The van der Waals surface area contributed by atoms with Gasteiger partial charge < -0.3 is 10.2 Å². The molecule has 0 saturated carbocycles. The van der Waals surface area contributed by atoms with Crippen LogP contribution in [0.2, 0.25) is 0 Å². The third-order valence-electron chi connectivity index (χ3n) is 2.64. The highest BCUT2D eigenvalue weighted by Gasteiger charge is 2.19. The first kappa shape index (κ1) is 11.2. The van der Waals surface area contributed by atoms with Crippen LogP contribution in [0.15, 0.2) is 12.3 Å². The minimum absolute atomic E-state index is 0.181. The number of nitrogens with one attached hydrogen (secondary N) is 2. The molecule has 14 heavy (non-hydrogen) atoms. The average Bonchev–Trinajstić information content (AvgIpc) is 2.56. The molecule has 80 valence electrons. The number of aromatic nitrogens is 2. The summed E-state index contributed by atoms with van der Waals surface area (Å²) in [4.78, 5) is 2.22. The van der Waals surface area contributed by atoms with Crippen LogP contribution in [0.25, 0.3) is 0 Å². The summed E-state index contributed by atoms with van der Waals surface area (Å²) in [6.07, 6.45) is 1.77. The van der Waals surface area contributed by atoms with Crippen molar-refractivity contribution in [3.63, 3.8) is 0 Å². The predicted octanol–water partition coefficient (Wildman–Crippen LogP) is 0.839. The van der Waals surface area contributed by atoms with E-state index in [1.165, 1.54) is 0 Å². The minimum atomic E-state index is 0.181. The topological polar surface area (TPSA) is 44.0 Å². The number of likely N-dealkylation sites (N-methyl/N-ethyl adjacent to an activating group) is 1. The second kappa shape index (κ2) is 4.57. The standard InChI is InChI=1S/C10H20N4/c1-10(2,14(3)4)8-11-7-9-5-6-12-13-9/h5-6,11H,7-8H2,1-4H3,(H,12,13). The van der Waals surface area contributed by atoms with E-state index in [2.05, 4.69) is 48.4 Å². The van der Waals surface area contributed by atoms with Crippen LogP contribution in [0, 0.1) is 0 Å². The highest BCUT2D eigenvalue weighted by atomic mass is 15.2. The lowest BCUT2D eigenvalue weighted by molar-refractivity contribution is 0.189. The molecular formula is C10H20N4. The summed E-state index contributed by atoms with van der Waals surface area (Å²) in [5.41, 5.74) is 1.31. The van der Waals surface area contributed by atoms with Gasteiger partial charge in [-0.3, -0.25) is 5.10 Å². The molecule has 0 atom stereocenters. The van der Waals surface area contributed by atoms with Crippen molar-refractivity contribution >= 4 is 0 Å². The summed E-state index contributed by atoms with van der Waals surface area (Å²) in [5.74, 6) is 0. The average molecular weight is 196 g/mol. The van der Waals surface area contributed by atoms with E-state index in [9.17, 15) is 0 Å². The van der Waals surface area contributed by atoms with Crippen molar-refractivity contribution in [2.24, 2.45) is 0 Å². The normalized spacial score (nSPS) is 12.4. The predicted molar refractivity (Wildman–Crippen MR) is 58.1 cm³/mol. The van der Waals surface area contributed by atoms with Crippen LogP contribution < -0.4 is 5.32 Å². The molecule has 4 nitrogen and oxygen atoms in total. The first-order chi connectivity index (χ1) is 6.52. The molecule has 0 amide bonds. The molecule has 4 heteroatoms. The lowest BCUT2D eigenvalue weighted by atomic mass is 10.0. The van der Waals surface area contributed by atoms with Gasteiger partial charge in [0.15, 0.2) is 0 Å². The Hall–Kier alpha value is -0.870. The number of hydrogen-bond acceptors (Lipinski definition) is 3. The quantitative estimate of drug-likeness (QED) is 0.733. The van der Waals surface area contributed by atoms with Gasteiger partial charge in [0, 0.05) is 30.5 Å². The Kier molecular flexibility index (Phi) is 3.66. The fourth-order valence-corrected chi connectivity index (χ4v) is 1.04. The smallest absolute Gasteiger partial charge is 0.0490 e. The third-order valence-corrected chi connectivity index (χ3v) is 2.64. The van der Waals surface area contributed by atoms with Gasteiger partial charge in [-0.05, 0) is 34.0 Å². The molecule has 0 radical (unpaired) electrons. The highest BCUT2D eigenvalue weighted by molar-refractivity contribution is 4.97. The van der Waals surface area contributed by atoms with E-state index >= 15 is 0 Å². The summed E-state index contributed by atoms with van der Waals surface area (Å²) in [6, 6.07) is 1.98. The van der Waals surface area contributed by atoms with Crippen LogP contribution >= 0.6 is 0 Å². The number of nitrogens with zero attached hydrogens (tertiary/aromatic N) is 2. The number of rotatable bonds is 5. The molecule has 0 aliphatic heterocycles. The van der Waals surface area contributed by atoms with Crippen LogP contribution in [0.3, 0.4) is 0 Å². The van der Waals surface area contributed by atoms with Gasteiger partial charge in [0.2, 0.25) is 0 Å². The van der Waals surface area contributed by atoms with Crippen LogP contribution in [-0.2, 0) is 6.54 Å². The summed E-state index contributed by atoms with van der Waals surface area (Å²) < 4.78 is 0. The van der Waals surface area contributed by atoms with Crippen molar-refractivity contribution in [3.05, 3.63) is 18.0 Å². The van der Waals surface area contributed by atoms with Crippen molar-refractivity contribution in [1.82, 2.24) is 20.4 Å². The van der Waals surface area contributed by atoms with Crippen LogP contribution in [0.5, 0.6) is 0 Å². The number of aromatic amines is 1. The highest BCUT2D eigenvalue weighted by Crippen LogP contribution is 2.07. The van der Waals surface area contributed by atoms with Crippen molar-refractivity contribution in [1.29, 1.82) is 0 Å². The van der Waals surface area contributed by atoms with Crippen molar-refractivity contribution < 1.29 is 0 Å². The Morgan fingerprint density at radius 3 is 2.71 bits per heavy atom. The Labute approximate surface area is 85.7 Å². The van der Waals surface area contributed by atoms with Crippen LogP contribution in [-0.4, -0.2) is 41.3 Å². The second-order valence-corrected chi connectivity index (χ2v) is 4.39. The van der Waals surface area contributed by atoms with Crippen LogP contribution in [0.1, 0.15) is 19.5 Å². The summed E-state index contributed by atoms with van der Waals surface area (Å²) in [5, 5.41) is 10.2. The van der Waals surface area contributed by atoms with Crippen molar-refractivity contribution in [2.45, 2.75) is 25.9 Å². The zero-order chi connectivity index (χ0) is 10.6. The molecule has 0 fully saturated rings. The van der Waals surface area contributed by atoms with E-state index in [1.807, 2.05) is 6.07 Å². The molecule has 0 aliphatic rings. The van der Waals surface area contributed by atoms with Gasteiger partial charge in [0.25, 0.3) is 0 Å². The van der Waals surface area contributed by atoms with Gasteiger partial charge in [-0.2, -0.15) is 5.10 Å². The van der Waals surface area contributed by atoms with Gasteiger partial charge >= 0.3 is 0 Å². The molecule has 0 bridgehead atoms.